The lowest BCUT2D eigenvalue weighted by Crippen LogP contribution is -2.57. The van der Waals surface area contributed by atoms with Crippen molar-refractivity contribution in [1.82, 2.24) is 4.98 Å². The Balaban J connectivity index is 1.49. The minimum absolute atomic E-state index is 0.951. The highest BCUT2D eigenvalue weighted by Crippen LogP contribution is 2.36. The van der Waals surface area contributed by atoms with Gasteiger partial charge in [0, 0.05) is 16.8 Å². The van der Waals surface area contributed by atoms with Crippen LogP contribution in [0.25, 0.3) is 22.0 Å². The van der Waals surface area contributed by atoms with Crippen LogP contribution < -0.4 is 20.5 Å². The Hall–Kier alpha value is -4.47. The predicted octanol–water partition coefficient (Wildman–Crippen LogP) is 6.51. The largest absolute Gasteiger partial charge is 0.295 e. The van der Waals surface area contributed by atoms with Gasteiger partial charge in [-0.1, -0.05) is 108 Å². The minimum atomic E-state index is -1.22. The Morgan fingerprint density at radius 2 is 1.30 bits per heavy atom. The van der Waals surface area contributed by atoms with Crippen molar-refractivity contribution in [1.29, 1.82) is 0 Å². The van der Waals surface area contributed by atoms with E-state index in [-0.39, 0.29) is 0 Å². The zero-order valence-electron chi connectivity index (χ0n) is 20.6. The summed E-state index contributed by atoms with van der Waals surface area (Å²) >= 11 is 0. The van der Waals surface area contributed by atoms with Crippen LogP contribution in [0, 0.1) is 6.92 Å². The van der Waals surface area contributed by atoms with Crippen LogP contribution >= 0.6 is 0 Å². The van der Waals surface area contributed by atoms with Gasteiger partial charge in [0.2, 0.25) is 0 Å². The van der Waals surface area contributed by atoms with Gasteiger partial charge < -0.3 is 0 Å². The van der Waals surface area contributed by atoms with Gasteiger partial charge in [0.25, 0.3) is 0 Å². The molecule has 0 N–H and O–H groups in total. The lowest BCUT2D eigenvalue weighted by atomic mass is 10.0. The summed E-state index contributed by atoms with van der Waals surface area (Å²) in [6.45, 7) is 2.13. The number of nitrogens with zero attached hydrogens (tertiary/aromatic N) is 2. The van der Waals surface area contributed by atoms with Gasteiger partial charge in [0.05, 0.1) is 5.52 Å². The van der Waals surface area contributed by atoms with E-state index < -0.39 is 8.80 Å². The average molecular weight is 490 g/mol. The Labute approximate surface area is 219 Å². The van der Waals surface area contributed by atoms with E-state index >= 15 is 0 Å². The standard InChI is InChI=1S/C34H25N2Si/c1-24-16-19-29-27(22-24)18-21-34(35-29)36-30-14-8-9-15-32(30)37(28-12-6-3-7-13-28)33-23-26(17-20-31(33)36)25-10-4-2-5-11-25/h2-23H,1H3. The van der Waals surface area contributed by atoms with Crippen molar-refractivity contribution in [2.45, 2.75) is 6.92 Å². The third kappa shape index (κ3) is 3.76. The fraction of sp³-hybridized carbons (Fsp3) is 0.0294. The van der Waals surface area contributed by atoms with Crippen molar-refractivity contribution in [2.24, 2.45) is 0 Å². The summed E-state index contributed by atoms with van der Waals surface area (Å²) in [7, 11) is -1.22. The molecule has 7 rings (SSSR count). The Morgan fingerprint density at radius 3 is 2.14 bits per heavy atom. The Bertz CT molecular complexity index is 1750. The summed E-state index contributed by atoms with van der Waals surface area (Å²) in [4.78, 5) is 7.51. The maximum Gasteiger partial charge on any atom is 0.160 e. The van der Waals surface area contributed by atoms with Gasteiger partial charge in [-0.05, 0) is 64.8 Å². The van der Waals surface area contributed by atoms with Crippen LogP contribution in [0.3, 0.4) is 0 Å². The van der Waals surface area contributed by atoms with Crippen molar-refractivity contribution in [2.75, 3.05) is 4.90 Å². The number of rotatable bonds is 3. The van der Waals surface area contributed by atoms with Gasteiger partial charge in [-0.3, -0.25) is 4.90 Å². The molecular formula is C34H25N2Si. The van der Waals surface area contributed by atoms with E-state index in [2.05, 4.69) is 145 Å². The highest BCUT2D eigenvalue weighted by Gasteiger charge is 2.34. The minimum Gasteiger partial charge on any atom is -0.295 e. The van der Waals surface area contributed by atoms with E-state index in [9.17, 15) is 0 Å². The molecular weight excluding hydrogens is 464 g/mol. The number of fused-ring (bicyclic) bond motifs is 3. The number of aryl methyl sites for hydroxylation is 1. The van der Waals surface area contributed by atoms with Gasteiger partial charge in [-0.15, -0.1) is 0 Å². The van der Waals surface area contributed by atoms with Gasteiger partial charge in [-0.2, -0.15) is 0 Å². The van der Waals surface area contributed by atoms with E-state index in [1.807, 2.05) is 0 Å². The molecule has 2 nitrogen and oxygen atoms in total. The van der Waals surface area contributed by atoms with E-state index in [1.165, 1.54) is 49.0 Å². The fourth-order valence-electron chi connectivity index (χ4n) is 5.42. The zero-order valence-corrected chi connectivity index (χ0v) is 21.6. The first-order valence-electron chi connectivity index (χ1n) is 12.7. The number of hydrogen-bond acceptors (Lipinski definition) is 2. The lowest BCUT2D eigenvalue weighted by Gasteiger charge is -2.37. The van der Waals surface area contributed by atoms with Crippen LogP contribution in [0.4, 0.5) is 17.2 Å². The predicted molar refractivity (Wildman–Crippen MR) is 158 cm³/mol. The van der Waals surface area contributed by atoms with Gasteiger partial charge in [-0.25, -0.2) is 4.98 Å². The molecule has 1 aromatic heterocycles. The second-order valence-corrected chi connectivity index (χ2v) is 12.0. The Kier molecular flexibility index (Phi) is 5.23. The number of benzene rings is 5. The van der Waals surface area contributed by atoms with Crippen LogP contribution in [-0.4, -0.2) is 13.8 Å². The number of pyridine rings is 1. The summed E-state index contributed by atoms with van der Waals surface area (Å²) in [6, 6.07) is 48.4. The van der Waals surface area contributed by atoms with Crippen molar-refractivity contribution in [3.63, 3.8) is 0 Å². The van der Waals surface area contributed by atoms with Crippen molar-refractivity contribution >= 4 is 52.5 Å². The topological polar surface area (TPSA) is 16.1 Å². The maximum absolute atomic E-state index is 5.15. The molecule has 0 bridgehead atoms. The van der Waals surface area contributed by atoms with E-state index in [0.29, 0.717) is 0 Å². The first-order chi connectivity index (χ1) is 18.3. The smallest absolute Gasteiger partial charge is 0.160 e. The van der Waals surface area contributed by atoms with E-state index in [0.717, 1.165) is 11.3 Å². The molecule has 1 radical (unpaired) electrons. The first-order valence-corrected chi connectivity index (χ1v) is 14.2. The molecule has 5 aromatic carbocycles. The molecule has 0 atom stereocenters. The molecule has 0 spiro atoms. The quantitative estimate of drug-likeness (QED) is 0.263. The highest BCUT2D eigenvalue weighted by atomic mass is 28.3. The number of hydrogen-bond donors (Lipinski definition) is 0. The van der Waals surface area contributed by atoms with E-state index in [4.69, 9.17) is 4.98 Å². The molecule has 2 heterocycles. The van der Waals surface area contributed by atoms with Gasteiger partial charge >= 0.3 is 0 Å². The molecule has 1 aliphatic heterocycles. The monoisotopic (exact) mass is 489 g/mol. The van der Waals surface area contributed by atoms with Crippen molar-refractivity contribution < 1.29 is 0 Å². The van der Waals surface area contributed by atoms with Gasteiger partial charge in [0.1, 0.15) is 5.82 Å². The Morgan fingerprint density at radius 1 is 0.568 bits per heavy atom. The molecule has 3 heteroatoms. The van der Waals surface area contributed by atoms with Crippen LogP contribution in [0.15, 0.2) is 133 Å². The number of aromatic nitrogens is 1. The maximum atomic E-state index is 5.15. The van der Waals surface area contributed by atoms with Gasteiger partial charge in [0.15, 0.2) is 8.80 Å². The summed E-state index contributed by atoms with van der Waals surface area (Å²) in [5.41, 5.74) is 7.19. The summed E-state index contributed by atoms with van der Waals surface area (Å²) < 4.78 is 0. The second kappa shape index (κ2) is 8.88. The molecule has 0 fully saturated rings. The lowest BCUT2D eigenvalue weighted by molar-refractivity contribution is 1.21. The molecule has 0 amide bonds. The average Bonchev–Trinajstić information content (AvgIpc) is 2.96. The normalized spacial score (nSPS) is 12.8. The third-order valence-corrected chi connectivity index (χ3v) is 9.96. The third-order valence-electron chi connectivity index (χ3n) is 7.15. The molecule has 0 saturated carbocycles. The zero-order chi connectivity index (χ0) is 24.8. The van der Waals surface area contributed by atoms with Crippen LogP contribution in [0.2, 0.25) is 0 Å². The molecule has 0 saturated heterocycles. The molecule has 37 heavy (non-hydrogen) atoms. The van der Waals surface area contributed by atoms with Crippen LogP contribution in [-0.2, 0) is 0 Å². The van der Waals surface area contributed by atoms with E-state index in [1.54, 1.807) is 0 Å². The van der Waals surface area contributed by atoms with Crippen molar-refractivity contribution in [3.05, 3.63) is 139 Å². The van der Waals surface area contributed by atoms with Crippen LogP contribution in [0.5, 0.6) is 0 Å². The number of anilines is 3. The summed E-state index contributed by atoms with van der Waals surface area (Å²) in [5.74, 6) is 0.951. The van der Waals surface area contributed by atoms with Crippen molar-refractivity contribution in [3.8, 4) is 11.1 Å². The summed E-state index contributed by atoms with van der Waals surface area (Å²) in [5, 5.41) is 5.35. The molecule has 1 aliphatic rings. The van der Waals surface area contributed by atoms with Crippen LogP contribution in [0.1, 0.15) is 5.56 Å². The molecule has 175 valence electrons. The molecule has 0 aliphatic carbocycles. The number of para-hydroxylation sites is 1. The second-order valence-electron chi connectivity index (χ2n) is 9.56. The molecule has 6 aromatic rings. The SMILES string of the molecule is Cc1ccc2nc(N3c4ccccc4[Si](c4ccccc4)c4cc(-c5ccccc5)ccc43)ccc2c1. The fourth-order valence-corrected chi connectivity index (χ4v) is 8.32. The molecule has 0 unspecified atom stereocenters. The first kappa shape index (κ1) is 21.8. The highest BCUT2D eigenvalue weighted by molar-refractivity contribution is 6.98. The summed E-state index contributed by atoms with van der Waals surface area (Å²) in [6.07, 6.45) is 0.